The monoisotopic (exact) mass is 408 g/mol. The molecule has 0 bridgehead atoms. The highest BCUT2D eigenvalue weighted by atomic mass is 35.5. The van der Waals surface area contributed by atoms with Gasteiger partial charge in [0.2, 0.25) is 0 Å². The zero-order valence-electron chi connectivity index (χ0n) is 14.5. The van der Waals surface area contributed by atoms with E-state index in [2.05, 4.69) is 15.3 Å². The van der Waals surface area contributed by atoms with Crippen molar-refractivity contribution in [1.82, 2.24) is 15.3 Å². The average molecular weight is 409 g/mol. The summed E-state index contributed by atoms with van der Waals surface area (Å²) in [5.41, 5.74) is 1.84. The van der Waals surface area contributed by atoms with Gasteiger partial charge in [0.25, 0.3) is 5.91 Å². The third-order valence-corrected chi connectivity index (χ3v) is 5.92. The van der Waals surface area contributed by atoms with Crippen molar-refractivity contribution < 1.29 is 17.6 Å². The van der Waals surface area contributed by atoms with E-state index in [1.165, 1.54) is 0 Å². The first-order chi connectivity index (χ1) is 12.6. The number of pyridine rings is 2. The predicted octanol–water partition coefficient (Wildman–Crippen LogP) is 2.82. The van der Waals surface area contributed by atoms with Gasteiger partial charge in [0.1, 0.15) is 16.3 Å². The van der Waals surface area contributed by atoms with Gasteiger partial charge in [-0.1, -0.05) is 18.5 Å². The van der Waals surface area contributed by atoms with Crippen LogP contribution >= 0.6 is 11.6 Å². The molecule has 0 saturated heterocycles. The Morgan fingerprint density at radius 3 is 2.74 bits per heavy atom. The summed E-state index contributed by atoms with van der Waals surface area (Å²) in [4.78, 5) is 21.9. The number of nitrogens with zero attached hydrogens (tertiary/aromatic N) is 3. The number of sulfone groups is 1. The van der Waals surface area contributed by atoms with Crippen molar-refractivity contribution in [2.24, 2.45) is 0 Å². The Balaban J connectivity index is 2.13. The quantitative estimate of drug-likeness (QED) is 0.729. The number of anilines is 2. The third-order valence-electron chi connectivity index (χ3n) is 4.54. The van der Waals surface area contributed by atoms with Gasteiger partial charge in [0.15, 0.2) is 26.6 Å². The molecule has 1 N–H and O–H groups in total. The fraction of sp³-hybridized carbons (Fsp3) is 0.235. The molecule has 4 rings (SSSR count). The van der Waals surface area contributed by atoms with Crippen molar-refractivity contribution in [2.45, 2.75) is 24.7 Å². The fourth-order valence-electron chi connectivity index (χ4n) is 3.42. The minimum absolute atomic E-state index is 0.0407. The van der Waals surface area contributed by atoms with E-state index < -0.39 is 31.6 Å². The second-order valence-electron chi connectivity index (χ2n) is 6.51. The highest BCUT2D eigenvalue weighted by Crippen LogP contribution is 2.45. The Kier molecular flexibility index (Phi) is 3.80. The van der Waals surface area contributed by atoms with Crippen LogP contribution in [0.15, 0.2) is 29.1 Å². The van der Waals surface area contributed by atoms with E-state index in [0.29, 0.717) is 11.5 Å². The minimum Gasteiger partial charge on any atom is -0.308 e. The summed E-state index contributed by atoms with van der Waals surface area (Å²) in [5.74, 6) is -1.74. The second-order valence-corrected chi connectivity index (χ2v) is 8.82. The molecule has 0 aliphatic carbocycles. The van der Waals surface area contributed by atoms with E-state index in [-0.39, 0.29) is 17.3 Å². The number of rotatable bonds is 1. The van der Waals surface area contributed by atoms with Crippen LogP contribution in [-0.2, 0) is 9.84 Å². The molecule has 1 amide bonds. The number of fused-ring (bicyclic) bond motifs is 5. The lowest BCUT2D eigenvalue weighted by molar-refractivity contribution is 0.0956. The maximum Gasteiger partial charge on any atom is 0.262 e. The molecular formula is C17H14ClFN4O3S. The summed E-state index contributed by atoms with van der Waals surface area (Å²) in [6.45, 7) is 3.78. The lowest BCUT2D eigenvalue weighted by Gasteiger charge is -2.38. The Morgan fingerprint density at radius 1 is 1.37 bits per heavy atom. The molecule has 140 valence electrons. The molecule has 0 saturated carbocycles. The summed E-state index contributed by atoms with van der Waals surface area (Å²) in [7, 11) is -4.09. The van der Waals surface area contributed by atoms with Crippen LogP contribution in [0.1, 0.15) is 34.5 Å². The van der Waals surface area contributed by atoms with Crippen LogP contribution in [-0.4, -0.2) is 30.5 Å². The van der Waals surface area contributed by atoms with Gasteiger partial charge in [-0.15, -0.1) is 0 Å². The third kappa shape index (κ3) is 2.53. The fourth-order valence-corrected chi connectivity index (χ4v) is 4.63. The standard InChI is InChI=1S/C17H14ClFN4O3S/c1-7-4-5-20-12-8(2)6-9-21-17(24)10-14(27(3,25)26)11(19)15(18)22-16(10)23(9)13(7)12/h4-6,8H,1-3H3,(H,21,24). The number of hydrogen-bond donors (Lipinski definition) is 1. The molecule has 1 atom stereocenters. The Morgan fingerprint density at radius 2 is 2.07 bits per heavy atom. The molecular weight excluding hydrogens is 395 g/mol. The normalized spacial score (nSPS) is 18.3. The number of hydrogen-bond acceptors (Lipinski definition) is 6. The SMILES string of the molecule is Cc1ccnc2c1N1C(=CC2C)NC(=O)c2c1nc(Cl)c(F)c2S(C)(=O)=O. The molecule has 2 aromatic rings. The number of amides is 1. The summed E-state index contributed by atoms with van der Waals surface area (Å²) >= 11 is 5.89. The topological polar surface area (TPSA) is 92.3 Å². The average Bonchev–Trinajstić information content (AvgIpc) is 2.56. The van der Waals surface area contributed by atoms with Gasteiger partial charge >= 0.3 is 0 Å². The number of allylic oxidation sites excluding steroid dienone is 1. The number of halogens is 2. The van der Waals surface area contributed by atoms with E-state index in [1.807, 2.05) is 13.8 Å². The zero-order valence-corrected chi connectivity index (χ0v) is 16.1. The maximum absolute atomic E-state index is 14.5. The first kappa shape index (κ1) is 17.9. The molecule has 0 spiro atoms. The lowest BCUT2D eigenvalue weighted by Crippen LogP contribution is -2.43. The number of nitrogens with one attached hydrogen (secondary N) is 1. The van der Waals surface area contributed by atoms with Gasteiger partial charge in [0.05, 0.1) is 11.4 Å². The van der Waals surface area contributed by atoms with E-state index in [4.69, 9.17) is 11.6 Å². The van der Waals surface area contributed by atoms with E-state index in [9.17, 15) is 17.6 Å². The van der Waals surface area contributed by atoms with E-state index in [0.717, 1.165) is 17.5 Å². The predicted molar refractivity (Wildman–Crippen MR) is 97.4 cm³/mol. The van der Waals surface area contributed by atoms with Crippen LogP contribution < -0.4 is 10.2 Å². The van der Waals surface area contributed by atoms with Crippen molar-refractivity contribution >= 4 is 38.9 Å². The Labute approximate surface area is 159 Å². The molecule has 0 fully saturated rings. The smallest absolute Gasteiger partial charge is 0.262 e. The summed E-state index contributed by atoms with van der Waals surface area (Å²) in [6, 6.07) is 1.78. The van der Waals surface area contributed by atoms with Gasteiger partial charge < -0.3 is 5.32 Å². The molecule has 2 aliphatic rings. The van der Waals surface area contributed by atoms with Crippen molar-refractivity contribution in [1.29, 1.82) is 0 Å². The van der Waals surface area contributed by atoms with Crippen molar-refractivity contribution in [3.8, 4) is 0 Å². The van der Waals surface area contributed by atoms with Crippen molar-refractivity contribution in [3.05, 3.63) is 52.0 Å². The Hall–Kier alpha value is -2.52. The van der Waals surface area contributed by atoms with Gasteiger partial charge in [-0.3, -0.25) is 14.7 Å². The minimum atomic E-state index is -4.09. The molecule has 10 heteroatoms. The number of aromatic nitrogens is 2. The van der Waals surface area contributed by atoms with Gasteiger partial charge in [-0.25, -0.2) is 17.8 Å². The molecule has 2 aliphatic heterocycles. The molecule has 4 heterocycles. The molecule has 2 aromatic heterocycles. The van der Waals surface area contributed by atoms with E-state index in [1.54, 1.807) is 23.2 Å². The van der Waals surface area contributed by atoms with Crippen LogP contribution in [0.4, 0.5) is 15.9 Å². The molecule has 27 heavy (non-hydrogen) atoms. The van der Waals surface area contributed by atoms with Crippen LogP contribution in [0.2, 0.25) is 5.15 Å². The first-order valence-corrected chi connectivity index (χ1v) is 10.3. The summed E-state index contributed by atoms with van der Waals surface area (Å²) < 4.78 is 38.9. The van der Waals surface area contributed by atoms with E-state index >= 15 is 0 Å². The van der Waals surface area contributed by atoms with Crippen LogP contribution in [0, 0.1) is 12.7 Å². The van der Waals surface area contributed by atoms with Gasteiger partial charge in [0, 0.05) is 18.4 Å². The zero-order chi connectivity index (χ0) is 19.7. The molecule has 0 aromatic carbocycles. The highest BCUT2D eigenvalue weighted by Gasteiger charge is 2.40. The van der Waals surface area contributed by atoms with Crippen molar-refractivity contribution in [2.75, 3.05) is 11.2 Å². The largest absolute Gasteiger partial charge is 0.308 e. The number of aryl methyl sites for hydroxylation is 1. The van der Waals surface area contributed by atoms with Crippen LogP contribution in [0.5, 0.6) is 0 Å². The van der Waals surface area contributed by atoms with Gasteiger partial charge in [-0.2, -0.15) is 0 Å². The molecule has 1 unspecified atom stereocenters. The number of carbonyl (C=O) groups is 1. The first-order valence-electron chi connectivity index (χ1n) is 7.99. The molecule has 0 radical (unpaired) electrons. The second kappa shape index (κ2) is 5.74. The summed E-state index contributed by atoms with van der Waals surface area (Å²) in [6.07, 6.45) is 4.26. The van der Waals surface area contributed by atoms with Crippen LogP contribution in [0.25, 0.3) is 0 Å². The highest BCUT2D eigenvalue weighted by molar-refractivity contribution is 7.90. The maximum atomic E-state index is 14.5. The van der Waals surface area contributed by atoms with Gasteiger partial charge in [-0.05, 0) is 24.6 Å². The van der Waals surface area contributed by atoms with Crippen molar-refractivity contribution in [3.63, 3.8) is 0 Å². The lowest BCUT2D eigenvalue weighted by atomic mass is 9.96. The number of carbonyl (C=O) groups excluding carboxylic acids is 1. The Bertz CT molecular complexity index is 1160. The van der Waals surface area contributed by atoms with Crippen LogP contribution in [0.3, 0.4) is 0 Å². The molecule has 7 nitrogen and oxygen atoms in total. The summed E-state index contributed by atoms with van der Waals surface area (Å²) in [5, 5.41) is 2.02.